The lowest BCUT2D eigenvalue weighted by atomic mass is 10.1. The Morgan fingerprint density at radius 3 is 2.77 bits per heavy atom. The molecule has 0 saturated carbocycles. The van der Waals surface area contributed by atoms with Crippen LogP contribution < -0.4 is 0 Å². The van der Waals surface area contributed by atoms with Crippen molar-refractivity contribution in [3.63, 3.8) is 0 Å². The molecule has 2 heterocycles. The Hall–Kier alpha value is -1.38. The molecular formula is C10H13N3. The van der Waals surface area contributed by atoms with Gasteiger partial charge in [-0.15, -0.1) is 0 Å². The molecule has 0 aliphatic carbocycles. The first-order valence-corrected chi connectivity index (χ1v) is 4.47. The van der Waals surface area contributed by atoms with E-state index < -0.39 is 0 Å². The first-order chi connectivity index (χ1) is 6.16. The molecule has 0 aliphatic rings. The molecule has 3 nitrogen and oxygen atoms in total. The second-order valence-electron chi connectivity index (χ2n) is 3.61. The van der Waals surface area contributed by atoms with Gasteiger partial charge in [0.05, 0.1) is 0 Å². The van der Waals surface area contributed by atoms with E-state index in [0.717, 1.165) is 16.7 Å². The lowest BCUT2D eigenvalue weighted by molar-refractivity contribution is 0.770. The lowest BCUT2D eigenvalue weighted by Gasteiger charge is -2.01. The highest BCUT2D eigenvalue weighted by Gasteiger charge is 2.04. The van der Waals surface area contributed by atoms with E-state index in [1.807, 2.05) is 13.2 Å². The number of aromatic nitrogens is 3. The van der Waals surface area contributed by atoms with E-state index >= 15 is 0 Å². The molecule has 68 valence electrons. The molecule has 0 unspecified atom stereocenters. The van der Waals surface area contributed by atoms with Crippen molar-refractivity contribution in [1.82, 2.24) is 14.8 Å². The highest BCUT2D eigenvalue weighted by atomic mass is 15.3. The van der Waals surface area contributed by atoms with Gasteiger partial charge in [-0.3, -0.25) is 4.68 Å². The first kappa shape index (κ1) is 8.23. The van der Waals surface area contributed by atoms with Gasteiger partial charge in [0.25, 0.3) is 0 Å². The van der Waals surface area contributed by atoms with Crippen molar-refractivity contribution >= 4 is 11.0 Å². The van der Waals surface area contributed by atoms with Gasteiger partial charge in [-0.05, 0) is 18.1 Å². The summed E-state index contributed by atoms with van der Waals surface area (Å²) in [5.41, 5.74) is 1.94. The van der Waals surface area contributed by atoms with Crippen LogP contribution >= 0.6 is 0 Å². The van der Waals surface area contributed by atoms with Crippen LogP contribution in [-0.2, 0) is 7.05 Å². The van der Waals surface area contributed by atoms with Gasteiger partial charge in [-0.2, -0.15) is 5.10 Å². The predicted octanol–water partition coefficient (Wildman–Crippen LogP) is 2.09. The summed E-state index contributed by atoms with van der Waals surface area (Å²) in [6, 6.07) is 4.14. The maximum absolute atomic E-state index is 4.46. The minimum atomic E-state index is 0.464. The zero-order valence-electron chi connectivity index (χ0n) is 8.15. The molecule has 0 N–H and O–H groups in total. The molecule has 13 heavy (non-hydrogen) atoms. The molecule has 0 spiro atoms. The van der Waals surface area contributed by atoms with Gasteiger partial charge in [-0.1, -0.05) is 13.8 Å². The smallest absolute Gasteiger partial charge is 0.181 e. The van der Waals surface area contributed by atoms with Gasteiger partial charge < -0.3 is 0 Å². The third kappa shape index (κ3) is 1.41. The van der Waals surface area contributed by atoms with E-state index in [0.29, 0.717) is 5.92 Å². The lowest BCUT2D eigenvalue weighted by Crippen LogP contribution is -1.92. The topological polar surface area (TPSA) is 30.7 Å². The Morgan fingerprint density at radius 1 is 1.31 bits per heavy atom. The summed E-state index contributed by atoms with van der Waals surface area (Å²) in [6.45, 7) is 4.27. The SMILES string of the molecule is CC(C)c1ccc2cn(C)nc2n1. The Kier molecular flexibility index (Phi) is 1.79. The second-order valence-corrected chi connectivity index (χ2v) is 3.61. The zero-order valence-corrected chi connectivity index (χ0v) is 8.15. The molecule has 3 heteroatoms. The number of hydrogen-bond acceptors (Lipinski definition) is 2. The minimum absolute atomic E-state index is 0.464. The van der Waals surface area contributed by atoms with Crippen molar-refractivity contribution in [3.8, 4) is 0 Å². The summed E-state index contributed by atoms with van der Waals surface area (Å²) < 4.78 is 1.79. The maximum atomic E-state index is 4.46. The maximum Gasteiger partial charge on any atom is 0.181 e. The van der Waals surface area contributed by atoms with Crippen LogP contribution in [0.4, 0.5) is 0 Å². The van der Waals surface area contributed by atoms with Crippen molar-refractivity contribution in [3.05, 3.63) is 24.0 Å². The quantitative estimate of drug-likeness (QED) is 0.664. The van der Waals surface area contributed by atoms with Crippen LogP contribution in [0.25, 0.3) is 11.0 Å². The van der Waals surface area contributed by atoms with Crippen LogP contribution in [0.5, 0.6) is 0 Å². The highest BCUT2D eigenvalue weighted by Crippen LogP contribution is 2.15. The number of pyridine rings is 1. The molecule has 2 rings (SSSR count). The first-order valence-electron chi connectivity index (χ1n) is 4.47. The molecule has 0 fully saturated rings. The second kappa shape index (κ2) is 2.83. The van der Waals surface area contributed by atoms with Gasteiger partial charge in [0.15, 0.2) is 5.65 Å². The normalized spacial score (nSPS) is 11.4. The van der Waals surface area contributed by atoms with Gasteiger partial charge in [0, 0.05) is 24.3 Å². The summed E-state index contributed by atoms with van der Waals surface area (Å²) in [4.78, 5) is 4.46. The van der Waals surface area contributed by atoms with Crippen LogP contribution in [0.2, 0.25) is 0 Å². The van der Waals surface area contributed by atoms with Gasteiger partial charge in [0.2, 0.25) is 0 Å². The molecule has 2 aromatic heterocycles. The largest absolute Gasteiger partial charge is 0.273 e. The Morgan fingerprint density at radius 2 is 2.08 bits per heavy atom. The van der Waals surface area contributed by atoms with E-state index in [1.165, 1.54) is 0 Å². The third-order valence-electron chi connectivity index (χ3n) is 2.10. The third-order valence-corrected chi connectivity index (χ3v) is 2.10. The summed E-state index contributed by atoms with van der Waals surface area (Å²) in [6.07, 6.45) is 1.98. The fraction of sp³-hybridized carbons (Fsp3) is 0.400. The van der Waals surface area contributed by atoms with Crippen LogP contribution in [0.1, 0.15) is 25.5 Å². The average molecular weight is 175 g/mol. The summed E-state index contributed by atoms with van der Waals surface area (Å²) in [5, 5.41) is 5.37. The standard InChI is InChI=1S/C10H13N3/c1-7(2)9-5-4-8-6-13(3)12-10(8)11-9/h4-7H,1-3H3. The van der Waals surface area contributed by atoms with Crippen molar-refractivity contribution in [1.29, 1.82) is 0 Å². The average Bonchev–Trinajstić information content (AvgIpc) is 2.42. The van der Waals surface area contributed by atoms with Gasteiger partial charge in [-0.25, -0.2) is 4.98 Å². The molecule has 0 amide bonds. The monoisotopic (exact) mass is 175 g/mol. The zero-order chi connectivity index (χ0) is 9.42. The number of rotatable bonds is 1. The number of hydrogen-bond donors (Lipinski definition) is 0. The molecule has 0 saturated heterocycles. The molecule has 0 radical (unpaired) electrons. The fourth-order valence-corrected chi connectivity index (χ4v) is 1.36. The van der Waals surface area contributed by atoms with E-state index in [-0.39, 0.29) is 0 Å². The molecule has 0 bridgehead atoms. The van der Waals surface area contributed by atoms with Crippen LogP contribution in [0.15, 0.2) is 18.3 Å². The van der Waals surface area contributed by atoms with E-state index in [9.17, 15) is 0 Å². The summed E-state index contributed by atoms with van der Waals surface area (Å²) >= 11 is 0. The minimum Gasteiger partial charge on any atom is -0.273 e. The molecule has 0 atom stereocenters. The highest BCUT2D eigenvalue weighted by molar-refractivity contribution is 5.73. The Bertz CT molecular complexity index is 429. The summed E-state index contributed by atoms with van der Waals surface area (Å²) in [7, 11) is 1.91. The molecule has 0 aromatic carbocycles. The number of nitrogens with zero attached hydrogens (tertiary/aromatic N) is 3. The predicted molar refractivity (Wildman–Crippen MR) is 52.6 cm³/mol. The van der Waals surface area contributed by atoms with Crippen molar-refractivity contribution in [2.75, 3.05) is 0 Å². The Labute approximate surface area is 77.4 Å². The van der Waals surface area contributed by atoms with Crippen molar-refractivity contribution in [2.45, 2.75) is 19.8 Å². The Balaban J connectivity index is 2.61. The van der Waals surface area contributed by atoms with Gasteiger partial charge in [0.1, 0.15) is 0 Å². The summed E-state index contributed by atoms with van der Waals surface area (Å²) in [5.74, 6) is 0.464. The van der Waals surface area contributed by atoms with Crippen LogP contribution in [0.3, 0.4) is 0 Å². The van der Waals surface area contributed by atoms with Gasteiger partial charge >= 0.3 is 0 Å². The fourth-order valence-electron chi connectivity index (χ4n) is 1.36. The van der Waals surface area contributed by atoms with Crippen molar-refractivity contribution < 1.29 is 0 Å². The van der Waals surface area contributed by atoms with Crippen molar-refractivity contribution in [2.24, 2.45) is 7.05 Å². The molecule has 2 aromatic rings. The van der Waals surface area contributed by atoms with E-state index in [4.69, 9.17) is 0 Å². The van der Waals surface area contributed by atoms with Crippen LogP contribution in [0, 0.1) is 0 Å². The molecule has 0 aliphatic heterocycles. The number of fused-ring (bicyclic) bond motifs is 1. The van der Waals surface area contributed by atoms with E-state index in [2.05, 4.69) is 36.1 Å². The number of aryl methyl sites for hydroxylation is 1. The van der Waals surface area contributed by atoms with Crippen LogP contribution in [-0.4, -0.2) is 14.8 Å². The van der Waals surface area contributed by atoms with E-state index in [1.54, 1.807) is 4.68 Å². The molecular weight excluding hydrogens is 162 g/mol.